The highest BCUT2D eigenvalue weighted by atomic mass is 19.1. The molecule has 3 aromatic rings. The largest absolute Gasteiger partial charge is 0.453 e. The van der Waals surface area contributed by atoms with Crippen molar-refractivity contribution in [1.82, 2.24) is 15.5 Å². The minimum absolute atomic E-state index is 0.114. The first-order valence-corrected chi connectivity index (χ1v) is 14.4. The molecule has 1 aliphatic heterocycles. The van der Waals surface area contributed by atoms with Gasteiger partial charge in [-0.3, -0.25) is 4.79 Å². The number of hydrogen-bond donors (Lipinski definition) is 3. The maximum atomic E-state index is 15.6. The summed E-state index contributed by atoms with van der Waals surface area (Å²) in [6, 6.07) is 19.7. The van der Waals surface area contributed by atoms with Crippen LogP contribution in [0.2, 0.25) is 0 Å². The van der Waals surface area contributed by atoms with E-state index in [1.165, 1.54) is 13.2 Å². The smallest absolute Gasteiger partial charge is 0.406 e. The van der Waals surface area contributed by atoms with E-state index in [9.17, 15) is 14.7 Å². The van der Waals surface area contributed by atoms with Crippen LogP contribution < -0.4 is 10.6 Å². The summed E-state index contributed by atoms with van der Waals surface area (Å²) in [5, 5.41) is 18.2. The summed E-state index contributed by atoms with van der Waals surface area (Å²) in [5.41, 5.74) is 2.30. The van der Waals surface area contributed by atoms with Crippen molar-refractivity contribution >= 4 is 12.0 Å². The van der Waals surface area contributed by atoms with Gasteiger partial charge in [0.1, 0.15) is 17.5 Å². The molecule has 224 valence electrons. The van der Waals surface area contributed by atoms with Crippen molar-refractivity contribution in [2.75, 3.05) is 40.4 Å². The number of morpholine rings is 1. The van der Waals surface area contributed by atoms with Gasteiger partial charge in [0.05, 0.1) is 20.3 Å². The maximum absolute atomic E-state index is 15.6. The normalized spacial score (nSPS) is 16.5. The average Bonchev–Trinajstić information content (AvgIpc) is 3.03. The minimum Gasteiger partial charge on any atom is -0.453 e. The second kappa shape index (κ2) is 14.4. The van der Waals surface area contributed by atoms with Crippen LogP contribution in [0.25, 0.3) is 11.1 Å². The van der Waals surface area contributed by atoms with Crippen molar-refractivity contribution in [1.29, 1.82) is 0 Å². The number of aliphatic hydroxyl groups is 1. The van der Waals surface area contributed by atoms with Crippen molar-refractivity contribution in [3.63, 3.8) is 0 Å². The molecule has 4 rings (SSSR count). The van der Waals surface area contributed by atoms with Gasteiger partial charge in [-0.2, -0.15) is 0 Å². The molecule has 0 bridgehead atoms. The molecule has 0 aliphatic carbocycles. The van der Waals surface area contributed by atoms with Gasteiger partial charge in [0.25, 0.3) is 5.91 Å². The molecule has 8 nitrogen and oxygen atoms in total. The number of alkyl carbamates (subject to hydrolysis) is 1. The predicted molar refractivity (Wildman–Crippen MR) is 160 cm³/mol. The molecule has 2 amide bonds. The number of ether oxygens (including phenoxy) is 2. The van der Waals surface area contributed by atoms with Gasteiger partial charge in [0.15, 0.2) is 0 Å². The maximum Gasteiger partial charge on any atom is 0.406 e. The molecule has 0 radical (unpaired) electrons. The van der Waals surface area contributed by atoms with Gasteiger partial charge in [-0.1, -0.05) is 55.5 Å². The molecule has 3 aromatic carbocycles. The molecule has 3 N–H and O–H groups in total. The number of carbonyl (C=O) groups is 2. The molecule has 1 heterocycles. The van der Waals surface area contributed by atoms with Crippen molar-refractivity contribution in [3.05, 3.63) is 94.8 Å². The summed E-state index contributed by atoms with van der Waals surface area (Å²) >= 11 is 0. The van der Waals surface area contributed by atoms with Gasteiger partial charge in [-0.15, -0.1) is 0 Å². The van der Waals surface area contributed by atoms with E-state index in [0.29, 0.717) is 41.8 Å². The Hall–Kier alpha value is -3.79. The zero-order chi connectivity index (χ0) is 30.1. The number of aryl methyl sites for hydroxylation is 1. The molecule has 1 aliphatic rings. The Bertz CT molecular complexity index is 1370. The Morgan fingerprint density at radius 3 is 2.60 bits per heavy atom. The number of amides is 2. The lowest BCUT2D eigenvalue weighted by atomic mass is 9.79. The monoisotopic (exact) mass is 577 g/mol. The highest BCUT2D eigenvalue weighted by molar-refractivity contribution is 5.94. The first kappa shape index (κ1) is 31.2. The second-order valence-corrected chi connectivity index (χ2v) is 10.5. The zero-order valence-corrected chi connectivity index (χ0v) is 24.5. The molecule has 2 atom stereocenters. The molecular weight excluding hydrogens is 537 g/mol. The van der Waals surface area contributed by atoms with Crippen LogP contribution in [0.5, 0.6) is 0 Å². The standard InChI is InChI=1S/C33H40FN3O5/c1-4-23-8-5-9-26(20-23)30-27(10-6-11-28(30)34)33(40,16-7-17-36-32(39)41-3)29-22-37(18-19-42-29)31(38)25-14-12-24(13-15-25)21-35-2/h5-6,8-15,20,29,35,40H,4,7,16-19,21-22H2,1-3H3,(H,36,39)/t29-,33-/m1/s1. The third kappa shape index (κ3) is 7.15. The van der Waals surface area contributed by atoms with E-state index in [-0.39, 0.29) is 32.0 Å². The van der Waals surface area contributed by atoms with Crippen LogP contribution >= 0.6 is 0 Å². The Morgan fingerprint density at radius 1 is 1.12 bits per heavy atom. The third-order valence-electron chi connectivity index (χ3n) is 7.76. The van der Waals surface area contributed by atoms with E-state index in [2.05, 4.69) is 15.4 Å². The number of nitrogens with zero attached hydrogens (tertiary/aromatic N) is 1. The van der Waals surface area contributed by atoms with Crippen LogP contribution in [-0.4, -0.2) is 68.5 Å². The first-order chi connectivity index (χ1) is 20.3. The number of rotatable bonds is 11. The lowest BCUT2D eigenvalue weighted by Crippen LogP contribution is -2.54. The van der Waals surface area contributed by atoms with E-state index >= 15 is 4.39 Å². The molecule has 9 heteroatoms. The fraction of sp³-hybridized carbons (Fsp3) is 0.394. The number of methoxy groups -OCH3 is 1. The van der Waals surface area contributed by atoms with Crippen molar-refractivity contribution in [2.45, 2.75) is 44.4 Å². The van der Waals surface area contributed by atoms with E-state index in [0.717, 1.165) is 17.5 Å². The van der Waals surface area contributed by atoms with E-state index < -0.39 is 23.6 Å². The lowest BCUT2D eigenvalue weighted by Gasteiger charge is -2.43. The topological polar surface area (TPSA) is 100 Å². The van der Waals surface area contributed by atoms with Gasteiger partial charge < -0.3 is 30.1 Å². The van der Waals surface area contributed by atoms with Crippen LogP contribution in [0.3, 0.4) is 0 Å². The average molecular weight is 578 g/mol. The first-order valence-electron chi connectivity index (χ1n) is 14.4. The van der Waals surface area contributed by atoms with Gasteiger partial charge >= 0.3 is 6.09 Å². The van der Waals surface area contributed by atoms with E-state index in [4.69, 9.17) is 4.74 Å². The van der Waals surface area contributed by atoms with Crippen LogP contribution in [-0.2, 0) is 28.0 Å². The van der Waals surface area contributed by atoms with E-state index in [1.807, 2.05) is 50.4 Å². The van der Waals surface area contributed by atoms with Crippen molar-refractivity contribution in [2.24, 2.45) is 0 Å². The van der Waals surface area contributed by atoms with Crippen LogP contribution in [0.4, 0.5) is 9.18 Å². The predicted octanol–water partition coefficient (Wildman–Crippen LogP) is 4.64. The minimum atomic E-state index is -1.67. The Labute approximate surface area is 246 Å². The second-order valence-electron chi connectivity index (χ2n) is 10.5. The Kier molecular flexibility index (Phi) is 10.7. The number of nitrogens with one attached hydrogen (secondary N) is 2. The Morgan fingerprint density at radius 2 is 1.88 bits per heavy atom. The molecular formula is C33H40FN3O5. The summed E-state index contributed by atoms with van der Waals surface area (Å²) in [4.78, 5) is 26.8. The highest BCUT2D eigenvalue weighted by Crippen LogP contribution is 2.41. The highest BCUT2D eigenvalue weighted by Gasteiger charge is 2.44. The van der Waals surface area contributed by atoms with Crippen LogP contribution in [0.15, 0.2) is 66.7 Å². The van der Waals surface area contributed by atoms with Crippen molar-refractivity contribution < 1.29 is 28.6 Å². The Balaban J connectivity index is 1.69. The number of carbonyl (C=O) groups excluding carboxylic acids is 2. The number of benzene rings is 3. The van der Waals surface area contributed by atoms with Gasteiger partial charge in [0, 0.05) is 30.8 Å². The summed E-state index contributed by atoms with van der Waals surface area (Å²) in [6.07, 6.45) is -0.136. The van der Waals surface area contributed by atoms with Crippen molar-refractivity contribution in [3.8, 4) is 11.1 Å². The molecule has 0 aromatic heterocycles. The zero-order valence-electron chi connectivity index (χ0n) is 24.5. The summed E-state index contributed by atoms with van der Waals surface area (Å²) in [6.45, 7) is 3.65. The molecule has 42 heavy (non-hydrogen) atoms. The summed E-state index contributed by atoms with van der Waals surface area (Å²) in [7, 11) is 3.15. The molecule has 1 saturated heterocycles. The van der Waals surface area contributed by atoms with Gasteiger partial charge in [0.2, 0.25) is 0 Å². The van der Waals surface area contributed by atoms with Gasteiger partial charge in [-0.25, -0.2) is 9.18 Å². The molecule has 0 spiro atoms. The number of hydrogen-bond acceptors (Lipinski definition) is 6. The fourth-order valence-electron chi connectivity index (χ4n) is 5.49. The van der Waals surface area contributed by atoms with E-state index in [1.54, 1.807) is 29.2 Å². The third-order valence-corrected chi connectivity index (χ3v) is 7.76. The molecule has 1 fully saturated rings. The lowest BCUT2D eigenvalue weighted by molar-refractivity contribution is -0.146. The summed E-state index contributed by atoms with van der Waals surface area (Å²) < 4.78 is 26.4. The number of halogens is 1. The molecule has 0 saturated carbocycles. The van der Waals surface area contributed by atoms with Crippen LogP contribution in [0.1, 0.15) is 46.8 Å². The SMILES string of the molecule is CCc1cccc(-c2c(F)cccc2[C@](O)(CCCNC(=O)OC)[C@H]2CN(C(=O)c3ccc(CNC)cc3)CCO2)c1. The quantitative estimate of drug-likeness (QED) is 0.287. The molecule has 0 unspecified atom stereocenters. The fourth-order valence-corrected chi connectivity index (χ4v) is 5.49. The summed E-state index contributed by atoms with van der Waals surface area (Å²) in [5.74, 6) is -0.624. The van der Waals surface area contributed by atoms with Gasteiger partial charge in [-0.05, 0) is 66.8 Å². The van der Waals surface area contributed by atoms with Crippen LogP contribution in [0, 0.1) is 5.82 Å².